The Kier molecular flexibility index (Phi) is 4.68. The van der Waals surface area contributed by atoms with Gasteiger partial charge in [0.15, 0.2) is 5.78 Å². The first-order valence-electron chi connectivity index (χ1n) is 9.18. The summed E-state index contributed by atoms with van der Waals surface area (Å²) in [6.45, 7) is 2.50. The van der Waals surface area contributed by atoms with Crippen LogP contribution in [-0.4, -0.2) is 41.6 Å². The number of Topliss-reactive ketones (excluding diaryl/α,β-unsaturated/α-hetero) is 1. The Labute approximate surface area is 162 Å². The lowest BCUT2D eigenvalue weighted by atomic mass is 9.91. The van der Waals surface area contributed by atoms with Gasteiger partial charge >= 0.3 is 5.69 Å². The first-order chi connectivity index (χ1) is 13.3. The first-order valence-corrected chi connectivity index (χ1v) is 10.6. The largest absolute Gasteiger partial charge is 0.323 e. The molecular weight excluding hydrogens is 378 g/mol. The fraction of sp³-hybridized carbons (Fsp3) is 0.300. The molecule has 146 valence electrons. The van der Waals surface area contributed by atoms with E-state index in [1.165, 1.54) is 16.4 Å². The number of rotatable bonds is 4. The molecule has 1 fully saturated rings. The predicted octanol–water partition coefficient (Wildman–Crippen LogP) is 2.45. The molecule has 1 saturated heterocycles. The van der Waals surface area contributed by atoms with Gasteiger partial charge in [0.1, 0.15) is 0 Å². The maximum absolute atomic E-state index is 13.1. The van der Waals surface area contributed by atoms with Crippen molar-refractivity contribution < 1.29 is 13.2 Å². The second-order valence-electron chi connectivity index (χ2n) is 7.22. The highest BCUT2D eigenvalue weighted by Crippen LogP contribution is 2.27. The number of imidazole rings is 1. The van der Waals surface area contributed by atoms with E-state index in [1.807, 2.05) is 19.1 Å². The summed E-state index contributed by atoms with van der Waals surface area (Å²) in [5.74, 6) is -0.382. The number of fused-ring (bicyclic) bond motifs is 1. The third-order valence-corrected chi connectivity index (χ3v) is 7.08. The Hall–Kier alpha value is -2.71. The van der Waals surface area contributed by atoms with Crippen molar-refractivity contribution in [2.75, 3.05) is 13.1 Å². The summed E-state index contributed by atoms with van der Waals surface area (Å²) in [4.78, 5) is 29.5. The lowest BCUT2D eigenvalue weighted by Gasteiger charge is -2.31. The van der Waals surface area contributed by atoms with Crippen molar-refractivity contribution in [2.45, 2.75) is 24.7 Å². The predicted molar refractivity (Wildman–Crippen MR) is 106 cm³/mol. The Balaban J connectivity index is 1.59. The zero-order valence-electron chi connectivity index (χ0n) is 15.4. The maximum atomic E-state index is 13.1. The number of aromatic amines is 2. The molecule has 0 amide bonds. The third-order valence-electron chi connectivity index (χ3n) is 5.22. The minimum atomic E-state index is -3.75. The van der Waals surface area contributed by atoms with Gasteiger partial charge in [-0.2, -0.15) is 4.31 Å². The van der Waals surface area contributed by atoms with Gasteiger partial charge < -0.3 is 9.97 Å². The van der Waals surface area contributed by atoms with Gasteiger partial charge in [0.25, 0.3) is 0 Å². The summed E-state index contributed by atoms with van der Waals surface area (Å²) in [6, 6.07) is 11.9. The Morgan fingerprint density at radius 2 is 1.79 bits per heavy atom. The molecule has 2 heterocycles. The van der Waals surface area contributed by atoms with E-state index >= 15 is 0 Å². The molecule has 0 spiro atoms. The summed E-state index contributed by atoms with van der Waals surface area (Å²) in [7, 11) is -3.75. The molecule has 0 radical (unpaired) electrons. The van der Waals surface area contributed by atoms with Gasteiger partial charge in [-0.15, -0.1) is 0 Å². The topological polar surface area (TPSA) is 103 Å². The summed E-state index contributed by atoms with van der Waals surface area (Å²) in [5.41, 5.74) is 2.29. The number of aryl methyl sites for hydroxylation is 1. The third kappa shape index (κ3) is 3.41. The van der Waals surface area contributed by atoms with Gasteiger partial charge in [-0.1, -0.05) is 29.8 Å². The lowest BCUT2D eigenvalue weighted by Crippen LogP contribution is -2.42. The van der Waals surface area contributed by atoms with E-state index in [0.29, 0.717) is 36.0 Å². The van der Waals surface area contributed by atoms with E-state index in [-0.39, 0.29) is 28.8 Å². The van der Waals surface area contributed by atoms with E-state index < -0.39 is 10.0 Å². The average molecular weight is 399 g/mol. The van der Waals surface area contributed by atoms with Crippen LogP contribution in [0.4, 0.5) is 0 Å². The quantitative estimate of drug-likeness (QED) is 0.658. The van der Waals surface area contributed by atoms with Crippen LogP contribution in [0.1, 0.15) is 28.8 Å². The van der Waals surface area contributed by atoms with E-state index in [9.17, 15) is 18.0 Å². The number of nitrogens with zero attached hydrogens (tertiary/aromatic N) is 1. The summed E-state index contributed by atoms with van der Waals surface area (Å²) >= 11 is 0. The maximum Gasteiger partial charge on any atom is 0.323 e. The highest BCUT2D eigenvalue weighted by molar-refractivity contribution is 7.89. The number of hydrogen-bond donors (Lipinski definition) is 2. The van der Waals surface area contributed by atoms with Gasteiger partial charge in [0, 0.05) is 24.6 Å². The van der Waals surface area contributed by atoms with Crippen LogP contribution in [0.25, 0.3) is 11.0 Å². The van der Waals surface area contributed by atoms with E-state index in [4.69, 9.17) is 0 Å². The molecule has 4 rings (SSSR count). The number of nitrogens with one attached hydrogen (secondary N) is 2. The molecule has 0 aliphatic carbocycles. The summed E-state index contributed by atoms with van der Waals surface area (Å²) in [5, 5.41) is 0. The molecule has 2 aromatic carbocycles. The van der Waals surface area contributed by atoms with E-state index in [2.05, 4.69) is 9.97 Å². The molecular formula is C20H21N3O4S. The smallest absolute Gasteiger partial charge is 0.306 e. The first kappa shape index (κ1) is 18.6. The van der Waals surface area contributed by atoms with Crippen LogP contribution < -0.4 is 5.69 Å². The molecule has 28 heavy (non-hydrogen) atoms. The molecule has 2 N–H and O–H groups in total. The second kappa shape index (κ2) is 7.03. The number of benzene rings is 2. The van der Waals surface area contributed by atoms with Crippen LogP contribution in [0, 0.1) is 12.8 Å². The monoisotopic (exact) mass is 399 g/mol. The number of carbonyl (C=O) groups is 1. The van der Waals surface area contributed by atoms with E-state index in [1.54, 1.807) is 18.2 Å². The van der Waals surface area contributed by atoms with Crippen molar-refractivity contribution in [3.05, 3.63) is 64.1 Å². The SMILES string of the molecule is Cc1ccc(C(=O)C2CCCN(S(=O)(=O)c3ccc4[nH]c(=O)[nH]c4c3)C2)cc1. The molecule has 8 heteroatoms. The zero-order valence-corrected chi connectivity index (χ0v) is 16.3. The second-order valence-corrected chi connectivity index (χ2v) is 9.16. The molecule has 1 aliphatic rings. The van der Waals surface area contributed by atoms with Crippen molar-refractivity contribution in [2.24, 2.45) is 5.92 Å². The van der Waals surface area contributed by atoms with Gasteiger partial charge in [0.05, 0.1) is 15.9 Å². The normalized spacial score (nSPS) is 18.4. The van der Waals surface area contributed by atoms with Crippen molar-refractivity contribution in [3.8, 4) is 0 Å². The van der Waals surface area contributed by atoms with Crippen LogP contribution in [0.5, 0.6) is 0 Å². The highest BCUT2D eigenvalue weighted by atomic mass is 32.2. The van der Waals surface area contributed by atoms with Gasteiger partial charge in [-0.3, -0.25) is 4.79 Å². The number of carbonyl (C=O) groups excluding carboxylic acids is 1. The van der Waals surface area contributed by atoms with Crippen molar-refractivity contribution >= 4 is 26.8 Å². The van der Waals surface area contributed by atoms with Crippen molar-refractivity contribution in [1.82, 2.24) is 14.3 Å². The Morgan fingerprint density at radius 1 is 1.07 bits per heavy atom. The van der Waals surface area contributed by atoms with Crippen LogP contribution in [0.3, 0.4) is 0 Å². The summed E-state index contributed by atoms with van der Waals surface area (Å²) < 4.78 is 27.6. The Bertz CT molecular complexity index is 1190. The molecule has 0 bridgehead atoms. The number of aromatic nitrogens is 2. The van der Waals surface area contributed by atoms with Crippen molar-refractivity contribution in [3.63, 3.8) is 0 Å². The van der Waals surface area contributed by atoms with Crippen LogP contribution in [-0.2, 0) is 10.0 Å². The molecule has 3 aromatic rings. The van der Waals surface area contributed by atoms with Gasteiger partial charge in [-0.05, 0) is 38.0 Å². The fourth-order valence-corrected chi connectivity index (χ4v) is 5.20. The average Bonchev–Trinajstić information content (AvgIpc) is 3.07. The number of piperidine rings is 1. The standard InChI is InChI=1S/C20H21N3O4S/c1-13-4-6-14(7-5-13)19(24)15-3-2-10-23(12-15)28(26,27)16-8-9-17-18(11-16)22-20(25)21-17/h4-9,11,15H,2-3,10,12H2,1H3,(H2,21,22,25). The minimum Gasteiger partial charge on any atom is -0.306 e. The fourth-order valence-electron chi connectivity index (χ4n) is 3.65. The summed E-state index contributed by atoms with van der Waals surface area (Å²) in [6.07, 6.45) is 1.30. The number of hydrogen-bond acceptors (Lipinski definition) is 4. The highest BCUT2D eigenvalue weighted by Gasteiger charge is 2.33. The van der Waals surface area contributed by atoms with Gasteiger partial charge in [-0.25, -0.2) is 13.2 Å². The molecule has 1 aromatic heterocycles. The molecule has 1 atom stereocenters. The van der Waals surface area contributed by atoms with Crippen molar-refractivity contribution in [1.29, 1.82) is 0 Å². The molecule has 1 unspecified atom stereocenters. The number of sulfonamides is 1. The number of ketones is 1. The van der Waals surface area contributed by atoms with Gasteiger partial charge in [0.2, 0.25) is 10.0 Å². The zero-order chi connectivity index (χ0) is 19.9. The van der Waals surface area contributed by atoms with Crippen LogP contribution >= 0.6 is 0 Å². The lowest BCUT2D eigenvalue weighted by molar-refractivity contribution is 0.0872. The van der Waals surface area contributed by atoms with Crippen LogP contribution in [0.15, 0.2) is 52.2 Å². The van der Waals surface area contributed by atoms with Crippen LogP contribution in [0.2, 0.25) is 0 Å². The molecule has 1 aliphatic heterocycles. The molecule has 0 saturated carbocycles. The Morgan fingerprint density at radius 3 is 2.54 bits per heavy atom. The number of H-pyrrole nitrogens is 2. The molecule has 7 nitrogen and oxygen atoms in total. The minimum absolute atomic E-state index is 0.0229. The van der Waals surface area contributed by atoms with E-state index in [0.717, 1.165) is 5.56 Å².